The largest absolute Gasteiger partial charge is 0.469 e. The number of carbonyl (C=O) groups excluding carboxylic acids is 2. The van der Waals surface area contributed by atoms with Crippen LogP contribution in [-0.4, -0.2) is 19.0 Å². The van der Waals surface area contributed by atoms with E-state index >= 15 is 0 Å². The lowest BCUT2D eigenvalue weighted by Gasteiger charge is -2.19. The monoisotopic (exact) mass is 345 g/mol. The number of aryl methyl sites for hydroxylation is 2. The van der Waals surface area contributed by atoms with Gasteiger partial charge in [0.25, 0.3) is 5.91 Å². The number of nitrogens with one attached hydrogen (secondary N) is 1. The van der Waals surface area contributed by atoms with Gasteiger partial charge in [-0.05, 0) is 37.6 Å². The van der Waals surface area contributed by atoms with E-state index < -0.39 is 12.0 Å². The number of hydrogen-bond acceptors (Lipinski definition) is 3. The molecule has 0 aliphatic rings. The Balaban J connectivity index is 2.29. The Morgan fingerprint density at radius 2 is 1.75 bits per heavy atom. The van der Waals surface area contributed by atoms with Gasteiger partial charge in [0.1, 0.15) is 0 Å². The number of hydrogen-bond donors (Lipinski definition) is 1. The second kappa shape index (κ2) is 7.97. The second-order valence-corrected chi connectivity index (χ2v) is 6.11. The van der Waals surface area contributed by atoms with Crippen LogP contribution in [0.25, 0.3) is 0 Å². The van der Waals surface area contributed by atoms with Gasteiger partial charge in [0.15, 0.2) is 0 Å². The number of methoxy groups -OCH3 is 1. The summed E-state index contributed by atoms with van der Waals surface area (Å²) in [5, 5.41) is 3.38. The molecule has 4 nitrogen and oxygen atoms in total. The fraction of sp³-hybridized carbons (Fsp3) is 0.263. The minimum absolute atomic E-state index is 0.0107. The van der Waals surface area contributed by atoms with Crippen molar-refractivity contribution >= 4 is 23.5 Å². The number of esters is 1. The Morgan fingerprint density at radius 3 is 2.33 bits per heavy atom. The van der Waals surface area contributed by atoms with Crippen molar-refractivity contribution in [3.63, 3.8) is 0 Å². The molecule has 5 heteroatoms. The minimum Gasteiger partial charge on any atom is -0.469 e. The third-order valence-electron chi connectivity index (χ3n) is 3.67. The third-order valence-corrected chi connectivity index (χ3v) is 4.01. The molecular weight excluding hydrogens is 326 g/mol. The smallest absolute Gasteiger partial charge is 0.307 e. The molecule has 2 aromatic carbocycles. The van der Waals surface area contributed by atoms with Crippen LogP contribution in [0, 0.1) is 13.8 Å². The molecule has 2 rings (SSSR count). The number of carbonyl (C=O) groups is 2. The zero-order valence-corrected chi connectivity index (χ0v) is 14.7. The van der Waals surface area contributed by atoms with Gasteiger partial charge in [-0.3, -0.25) is 9.59 Å². The van der Waals surface area contributed by atoms with E-state index in [0.29, 0.717) is 16.1 Å². The van der Waals surface area contributed by atoms with Crippen molar-refractivity contribution in [2.24, 2.45) is 0 Å². The van der Waals surface area contributed by atoms with Gasteiger partial charge in [0.05, 0.1) is 19.6 Å². The van der Waals surface area contributed by atoms with Crippen LogP contribution < -0.4 is 5.32 Å². The van der Waals surface area contributed by atoms with E-state index in [0.717, 1.165) is 11.1 Å². The summed E-state index contributed by atoms with van der Waals surface area (Å²) in [6, 6.07) is 12.2. The zero-order valence-electron chi connectivity index (χ0n) is 13.9. The maximum atomic E-state index is 12.6. The first-order valence-corrected chi connectivity index (χ1v) is 7.99. The number of amides is 1. The zero-order chi connectivity index (χ0) is 17.7. The van der Waals surface area contributed by atoms with Crippen molar-refractivity contribution in [3.05, 3.63) is 69.7 Å². The van der Waals surface area contributed by atoms with Crippen LogP contribution in [0.4, 0.5) is 0 Å². The molecule has 0 bridgehead atoms. The summed E-state index contributed by atoms with van der Waals surface area (Å²) in [6.07, 6.45) is 0.0107. The predicted molar refractivity (Wildman–Crippen MR) is 94.2 cm³/mol. The quantitative estimate of drug-likeness (QED) is 0.833. The van der Waals surface area contributed by atoms with E-state index in [-0.39, 0.29) is 12.3 Å². The summed E-state index contributed by atoms with van der Waals surface area (Å²) in [5.41, 5.74) is 3.24. The van der Waals surface area contributed by atoms with Crippen molar-refractivity contribution in [1.29, 1.82) is 0 Å². The highest BCUT2D eigenvalue weighted by atomic mass is 35.5. The molecule has 0 heterocycles. The molecule has 0 radical (unpaired) electrons. The Morgan fingerprint density at radius 1 is 1.12 bits per heavy atom. The average molecular weight is 346 g/mol. The molecule has 1 N–H and O–H groups in total. The van der Waals surface area contributed by atoms with Crippen LogP contribution in [-0.2, 0) is 9.53 Å². The SMILES string of the molecule is COC(=O)CC(NC(=O)c1cc(C)cc(C)c1)c1ccccc1Cl. The Labute approximate surface area is 146 Å². The molecule has 0 aliphatic heterocycles. The molecule has 1 amide bonds. The molecular formula is C19H20ClNO3. The molecule has 0 aromatic heterocycles. The maximum absolute atomic E-state index is 12.6. The Hall–Kier alpha value is -2.33. The first kappa shape index (κ1) is 18.0. The van der Waals surface area contributed by atoms with Crippen molar-refractivity contribution in [1.82, 2.24) is 5.32 Å². The summed E-state index contributed by atoms with van der Waals surface area (Å²) >= 11 is 6.22. The fourth-order valence-corrected chi connectivity index (χ4v) is 2.86. The van der Waals surface area contributed by atoms with E-state index in [1.54, 1.807) is 18.2 Å². The molecule has 0 saturated carbocycles. The first-order chi connectivity index (χ1) is 11.4. The van der Waals surface area contributed by atoms with E-state index in [9.17, 15) is 9.59 Å². The summed E-state index contributed by atoms with van der Waals surface area (Å²) < 4.78 is 4.73. The lowest BCUT2D eigenvalue weighted by molar-refractivity contribution is -0.141. The minimum atomic E-state index is -0.556. The molecule has 24 heavy (non-hydrogen) atoms. The van der Waals surface area contributed by atoms with Crippen LogP contribution in [0.2, 0.25) is 5.02 Å². The summed E-state index contributed by atoms with van der Waals surface area (Å²) in [4.78, 5) is 24.3. The molecule has 0 fully saturated rings. The normalized spacial score (nSPS) is 11.7. The van der Waals surface area contributed by atoms with Crippen molar-refractivity contribution in [2.45, 2.75) is 26.3 Å². The van der Waals surface area contributed by atoms with Crippen LogP contribution >= 0.6 is 11.6 Å². The highest BCUT2D eigenvalue weighted by molar-refractivity contribution is 6.31. The fourth-order valence-electron chi connectivity index (χ4n) is 2.59. The second-order valence-electron chi connectivity index (χ2n) is 5.70. The summed E-state index contributed by atoms with van der Waals surface area (Å²) in [5.74, 6) is -0.670. The summed E-state index contributed by atoms with van der Waals surface area (Å²) in [7, 11) is 1.32. The summed E-state index contributed by atoms with van der Waals surface area (Å²) in [6.45, 7) is 3.87. The number of halogens is 1. The molecule has 2 aromatic rings. The van der Waals surface area contributed by atoms with E-state index in [1.807, 2.05) is 38.1 Å². The molecule has 1 unspecified atom stereocenters. The van der Waals surface area contributed by atoms with Gasteiger partial charge in [-0.1, -0.05) is 47.0 Å². The van der Waals surface area contributed by atoms with Gasteiger partial charge >= 0.3 is 5.97 Å². The van der Waals surface area contributed by atoms with Gasteiger partial charge in [0, 0.05) is 10.6 Å². The maximum Gasteiger partial charge on any atom is 0.307 e. The third kappa shape index (κ3) is 4.59. The highest BCUT2D eigenvalue weighted by Gasteiger charge is 2.21. The average Bonchev–Trinajstić information content (AvgIpc) is 2.53. The molecule has 126 valence electrons. The predicted octanol–water partition coefficient (Wildman–Crippen LogP) is 3.99. The van der Waals surface area contributed by atoms with Gasteiger partial charge in [0.2, 0.25) is 0 Å². The Kier molecular flexibility index (Phi) is 5.99. The van der Waals surface area contributed by atoms with Crippen LogP contribution in [0.1, 0.15) is 39.5 Å². The standard InChI is InChI=1S/C19H20ClNO3/c1-12-8-13(2)10-14(9-12)19(23)21-17(11-18(22)24-3)15-6-4-5-7-16(15)20/h4-10,17H,11H2,1-3H3,(H,21,23). The van der Waals surface area contributed by atoms with Gasteiger partial charge in [-0.15, -0.1) is 0 Å². The van der Waals surface area contributed by atoms with Crippen molar-refractivity contribution in [2.75, 3.05) is 7.11 Å². The van der Waals surface area contributed by atoms with Crippen molar-refractivity contribution < 1.29 is 14.3 Å². The van der Waals surface area contributed by atoms with Crippen molar-refractivity contribution in [3.8, 4) is 0 Å². The molecule has 0 saturated heterocycles. The number of benzene rings is 2. The van der Waals surface area contributed by atoms with Crippen LogP contribution in [0.5, 0.6) is 0 Å². The van der Waals surface area contributed by atoms with E-state index in [1.165, 1.54) is 7.11 Å². The van der Waals surface area contributed by atoms with Crippen LogP contribution in [0.15, 0.2) is 42.5 Å². The van der Waals surface area contributed by atoms with Gasteiger partial charge < -0.3 is 10.1 Å². The van der Waals surface area contributed by atoms with Gasteiger partial charge in [-0.2, -0.15) is 0 Å². The molecule has 1 atom stereocenters. The van der Waals surface area contributed by atoms with E-state index in [4.69, 9.17) is 16.3 Å². The van der Waals surface area contributed by atoms with Crippen LogP contribution in [0.3, 0.4) is 0 Å². The first-order valence-electron chi connectivity index (χ1n) is 7.61. The molecule has 0 spiro atoms. The lowest BCUT2D eigenvalue weighted by Crippen LogP contribution is -2.30. The topological polar surface area (TPSA) is 55.4 Å². The molecule has 0 aliphatic carbocycles. The Bertz CT molecular complexity index is 738. The van der Waals surface area contributed by atoms with Gasteiger partial charge in [-0.25, -0.2) is 0 Å². The number of ether oxygens (including phenoxy) is 1. The number of rotatable bonds is 5. The van der Waals surface area contributed by atoms with E-state index in [2.05, 4.69) is 5.32 Å². The highest BCUT2D eigenvalue weighted by Crippen LogP contribution is 2.26. The lowest BCUT2D eigenvalue weighted by atomic mass is 10.0.